The van der Waals surface area contributed by atoms with E-state index in [-0.39, 0.29) is 5.56 Å². The van der Waals surface area contributed by atoms with E-state index in [9.17, 15) is 4.79 Å². The van der Waals surface area contributed by atoms with Gasteiger partial charge in [0.1, 0.15) is 5.65 Å². The van der Waals surface area contributed by atoms with Crippen LogP contribution < -0.4 is 5.73 Å². The van der Waals surface area contributed by atoms with Gasteiger partial charge in [0, 0.05) is 11.8 Å². The summed E-state index contributed by atoms with van der Waals surface area (Å²) < 4.78 is 1.70. The van der Waals surface area contributed by atoms with Crippen LogP contribution in [-0.2, 0) is 0 Å². The van der Waals surface area contributed by atoms with Crippen LogP contribution in [0.3, 0.4) is 0 Å². The molecule has 0 spiro atoms. The molecular formula is C14H11N3O2. The molecule has 0 aliphatic heterocycles. The Morgan fingerprint density at radius 3 is 2.58 bits per heavy atom. The number of nitrogens with zero attached hydrogens (tertiary/aromatic N) is 2. The lowest BCUT2D eigenvalue weighted by atomic mass is 10.1. The number of nitrogens with two attached hydrogens (primary N) is 1. The van der Waals surface area contributed by atoms with Crippen molar-refractivity contribution in [1.82, 2.24) is 9.38 Å². The Morgan fingerprint density at radius 2 is 1.89 bits per heavy atom. The number of carboxylic acids is 1. The molecule has 5 nitrogen and oxygen atoms in total. The smallest absolute Gasteiger partial charge is 0.337 e. The first kappa shape index (κ1) is 11.3. The van der Waals surface area contributed by atoms with Gasteiger partial charge in [-0.2, -0.15) is 0 Å². The first-order valence-electron chi connectivity index (χ1n) is 5.73. The second-order valence-electron chi connectivity index (χ2n) is 4.16. The average molecular weight is 253 g/mol. The van der Waals surface area contributed by atoms with Crippen LogP contribution >= 0.6 is 0 Å². The predicted molar refractivity (Wildman–Crippen MR) is 72.0 cm³/mol. The molecule has 0 saturated carbocycles. The zero-order valence-electron chi connectivity index (χ0n) is 9.95. The van der Waals surface area contributed by atoms with Crippen LogP contribution in [0.15, 0.2) is 48.7 Å². The van der Waals surface area contributed by atoms with Crippen molar-refractivity contribution >= 4 is 17.4 Å². The number of benzene rings is 1. The summed E-state index contributed by atoms with van der Waals surface area (Å²) in [7, 11) is 0. The molecule has 0 radical (unpaired) electrons. The third kappa shape index (κ3) is 1.81. The molecule has 0 unspecified atom stereocenters. The number of aromatic carboxylic acids is 1. The molecule has 0 fully saturated rings. The minimum absolute atomic E-state index is 0.196. The molecule has 1 aromatic carbocycles. The number of rotatable bonds is 2. The van der Waals surface area contributed by atoms with Crippen molar-refractivity contribution < 1.29 is 9.90 Å². The number of carboxylic acid groups (broad SMARTS) is 1. The number of hydrogen-bond donors (Lipinski definition) is 2. The maximum absolute atomic E-state index is 11.0. The largest absolute Gasteiger partial charge is 0.478 e. The van der Waals surface area contributed by atoms with Crippen LogP contribution in [0.2, 0.25) is 0 Å². The average Bonchev–Trinajstić information content (AvgIpc) is 2.74. The molecule has 0 saturated heterocycles. The second kappa shape index (κ2) is 4.13. The van der Waals surface area contributed by atoms with Crippen LogP contribution in [0.5, 0.6) is 0 Å². The minimum Gasteiger partial charge on any atom is -0.478 e. The highest BCUT2D eigenvalue weighted by atomic mass is 16.4. The Morgan fingerprint density at radius 1 is 1.16 bits per heavy atom. The lowest BCUT2D eigenvalue weighted by Crippen LogP contribution is -1.99. The highest BCUT2D eigenvalue weighted by Crippen LogP contribution is 2.27. The Labute approximate surface area is 108 Å². The van der Waals surface area contributed by atoms with Crippen LogP contribution in [0.4, 0.5) is 5.82 Å². The zero-order chi connectivity index (χ0) is 13.4. The first-order valence-corrected chi connectivity index (χ1v) is 5.73. The maximum Gasteiger partial charge on any atom is 0.337 e. The molecule has 0 amide bonds. The molecule has 19 heavy (non-hydrogen) atoms. The third-order valence-corrected chi connectivity index (χ3v) is 2.94. The van der Waals surface area contributed by atoms with Crippen molar-refractivity contribution in [3.63, 3.8) is 0 Å². The van der Waals surface area contributed by atoms with E-state index < -0.39 is 5.97 Å². The summed E-state index contributed by atoms with van der Waals surface area (Å²) in [6, 6.07) is 12.7. The van der Waals surface area contributed by atoms with Crippen LogP contribution in [0.1, 0.15) is 10.4 Å². The van der Waals surface area contributed by atoms with Gasteiger partial charge < -0.3 is 10.8 Å². The number of fused-ring (bicyclic) bond motifs is 1. The normalized spacial score (nSPS) is 10.7. The van der Waals surface area contributed by atoms with Crippen LogP contribution in [-0.4, -0.2) is 20.5 Å². The molecule has 2 aromatic heterocycles. The Kier molecular flexibility index (Phi) is 2.45. The van der Waals surface area contributed by atoms with Gasteiger partial charge in [0.15, 0.2) is 5.82 Å². The van der Waals surface area contributed by atoms with Gasteiger partial charge >= 0.3 is 5.97 Å². The molecule has 3 rings (SSSR count). The van der Waals surface area contributed by atoms with E-state index in [2.05, 4.69) is 4.98 Å². The summed E-state index contributed by atoms with van der Waals surface area (Å²) in [5.41, 5.74) is 8.36. The van der Waals surface area contributed by atoms with E-state index in [4.69, 9.17) is 10.8 Å². The van der Waals surface area contributed by atoms with Gasteiger partial charge in [0.2, 0.25) is 0 Å². The fourth-order valence-electron chi connectivity index (χ4n) is 2.07. The van der Waals surface area contributed by atoms with Gasteiger partial charge in [-0.1, -0.05) is 30.3 Å². The quantitative estimate of drug-likeness (QED) is 0.734. The summed E-state index contributed by atoms with van der Waals surface area (Å²) in [6.07, 6.45) is 1.53. The molecule has 94 valence electrons. The highest BCUT2D eigenvalue weighted by molar-refractivity contribution is 5.88. The molecule has 0 aliphatic rings. The summed E-state index contributed by atoms with van der Waals surface area (Å²) in [5.74, 6) is -0.595. The van der Waals surface area contributed by atoms with Crippen molar-refractivity contribution in [2.24, 2.45) is 0 Å². The number of pyridine rings is 1. The summed E-state index contributed by atoms with van der Waals surface area (Å²) in [5, 5.41) is 9.05. The monoisotopic (exact) mass is 253 g/mol. The highest BCUT2D eigenvalue weighted by Gasteiger charge is 2.13. The Balaban J connectivity index is 2.31. The summed E-state index contributed by atoms with van der Waals surface area (Å²) in [4.78, 5) is 15.3. The Hall–Kier alpha value is -2.82. The van der Waals surface area contributed by atoms with E-state index in [0.29, 0.717) is 17.2 Å². The van der Waals surface area contributed by atoms with Crippen LogP contribution in [0, 0.1) is 0 Å². The SMILES string of the molecule is Nc1nc2ccc(C(=O)O)cn2c1-c1ccccc1. The molecule has 3 N–H and O–H groups in total. The van der Waals surface area contributed by atoms with Crippen molar-refractivity contribution in [2.45, 2.75) is 0 Å². The van der Waals surface area contributed by atoms with Crippen LogP contribution in [0.25, 0.3) is 16.9 Å². The van der Waals surface area contributed by atoms with Gasteiger partial charge in [0.25, 0.3) is 0 Å². The van der Waals surface area contributed by atoms with E-state index >= 15 is 0 Å². The zero-order valence-corrected chi connectivity index (χ0v) is 9.95. The lowest BCUT2D eigenvalue weighted by Gasteiger charge is -2.03. The third-order valence-electron chi connectivity index (χ3n) is 2.94. The number of carbonyl (C=O) groups is 1. The lowest BCUT2D eigenvalue weighted by molar-refractivity contribution is 0.0696. The molecule has 0 atom stereocenters. The molecule has 0 aliphatic carbocycles. The van der Waals surface area contributed by atoms with E-state index in [0.717, 1.165) is 5.56 Å². The number of anilines is 1. The van der Waals surface area contributed by atoms with Gasteiger partial charge in [-0.15, -0.1) is 0 Å². The summed E-state index contributed by atoms with van der Waals surface area (Å²) >= 11 is 0. The van der Waals surface area contributed by atoms with Crippen molar-refractivity contribution in [3.05, 3.63) is 54.2 Å². The topological polar surface area (TPSA) is 80.6 Å². The van der Waals surface area contributed by atoms with E-state index in [1.165, 1.54) is 12.3 Å². The standard InChI is InChI=1S/C14H11N3O2/c15-13-12(9-4-2-1-3-5-9)17-8-10(14(18)19)6-7-11(17)16-13/h1-8H,15H2,(H,18,19). The number of nitrogen functional groups attached to an aromatic ring is 1. The second-order valence-corrected chi connectivity index (χ2v) is 4.16. The Bertz CT molecular complexity index is 763. The first-order chi connectivity index (χ1) is 9.16. The van der Waals surface area contributed by atoms with Crippen molar-refractivity contribution in [1.29, 1.82) is 0 Å². The number of hydrogen-bond acceptors (Lipinski definition) is 3. The number of aromatic nitrogens is 2. The summed E-state index contributed by atoms with van der Waals surface area (Å²) in [6.45, 7) is 0. The van der Waals surface area contributed by atoms with Crippen molar-refractivity contribution in [2.75, 3.05) is 5.73 Å². The van der Waals surface area contributed by atoms with Gasteiger partial charge in [-0.25, -0.2) is 9.78 Å². The van der Waals surface area contributed by atoms with Gasteiger partial charge in [-0.05, 0) is 12.1 Å². The minimum atomic E-state index is -0.979. The van der Waals surface area contributed by atoms with Gasteiger partial charge in [-0.3, -0.25) is 4.40 Å². The predicted octanol–water partition coefficient (Wildman–Crippen LogP) is 2.28. The molecular weight excluding hydrogens is 242 g/mol. The molecule has 5 heteroatoms. The number of imidazole rings is 1. The van der Waals surface area contributed by atoms with E-state index in [1.807, 2.05) is 30.3 Å². The maximum atomic E-state index is 11.0. The van der Waals surface area contributed by atoms with Gasteiger partial charge in [0.05, 0.1) is 11.3 Å². The molecule has 3 aromatic rings. The van der Waals surface area contributed by atoms with E-state index in [1.54, 1.807) is 10.5 Å². The fraction of sp³-hybridized carbons (Fsp3) is 0. The molecule has 0 bridgehead atoms. The molecule has 2 heterocycles. The van der Waals surface area contributed by atoms with Crippen molar-refractivity contribution in [3.8, 4) is 11.3 Å². The fourth-order valence-corrected chi connectivity index (χ4v) is 2.07.